The fourth-order valence-corrected chi connectivity index (χ4v) is 2.32. The first-order valence-electron chi connectivity index (χ1n) is 8.37. The van der Waals surface area contributed by atoms with Crippen molar-refractivity contribution in [3.05, 3.63) is 47.3 Å². The Morgan fingerprint density at radius 1 is 1.26 bits per heavy atom. The average molecular weight is 315 g/mol. The summed E-state index contributed by atoms with van der Waals surface area (Å²) in [5.41, 5.74) is 3.44. The Morgan fingerprint density at radius 3 is 2.48 bits per heavy atom. The molecule has 0 aliphatic carbocycles. The van der Waals surface area contributed by atoms with Crippen LogP contribution >= 0.6 is 0 Å². The molecule has 0 spiro atoms. The van der Waals surface area contributed by atoms with E-state index in [1.807, 2.05) is 46.0 Å². The van der Waals surface area contributed by atoms with Crippen molar-refractivity contribution in [2.75, 3.05) is 5.32 Å². The minimum Gasteiger partial charge on any atom is -0.322 e. The van der Waals surface area contributed by atoms with Crippen molar-refractivity contribution >= 4 is 11.6 Å². The van der Waals surface area contributed by atoms with E-state index in [0.717, 1.165) is 24.2 Å². The highest BCUT2D eigenvalue weighted by atomic mass is 16.1. The van der Waals surface area contributed by atoms with Crippen LogP contribution in [0, 0.1) is 12.8 Å². The van der Waals surface area contributed by atoms with Crippen LogP contribution < -0.4 is 5.32 Å². The lowest BCUT2D eigenvalue weighted by molar-refractivity contribution is 0.102. The summed E-state index contributed by atoms with van der Waals surface area (Å²) >= 11 is 0. The van der Waals surface area contributed by atoms with Crippen LogP contribution in [-0.2, 0) is 13.5 Å². The predicted octanol–water partition coefficient (Wildman–Crippen LogP) is 4.60. The standard InChI is InChI=1S/C17H23N3O.C2H6/c1-12(2)9-10-14-7-5-6-8-16(14)18-17(21)15-11-20(4)19-13(15)3;1-2/h5-8,11-12H,9-10H2,1-4H3,(H,18,21);1-2H3. The van der Waals surface area contributed by atoms with E-state index in [1.165, 1.54) is 5.56 Å². The summed E-state index contributed by atoms with van der Waals surface area (Å²) < 4.78 is 1.66. The number of amides is 1. The Kier molecular flexibility index (Phi) is 7.52. The second-order valence-corrected chi connectivity index (χ2v) is 5.85. The summed E-state index contributed by atoms with van der Waals surface area (Å²) in [6.45, 7) is 10.3. The lowest BCUT2D eigenvalue weighted by Crippen LogP contribution is -2.14. The van der Waals surface area contributed by atoms with Crippen molar-refractivity contribution < 1.29 is 4.79 Å². The predicted molar refractivity (Wildman–Crippen MR) is 96.8 cm³/mol. The quantitative estimate of drug-likeness (QED) is 0.876. The third-order valence-electron chi connectivity index (χ3n) is 3.51. The average Bonchev–Trinajstić information content (AvgIpc) is 2.87. The molecule has 0 saturated heterocycles. The molecule has 1 amide bonds. The SMILES string of the molecule is CC.Cc1nn(C)cc1C(=O)Nc1ccccc1CCC(C)C. The Hall–Kier alpha value is -2.10. The highest BCUT2D eigenvalue weighted by Gasteiger charge is 2.14. The molecule has 23 heavy (non-hydrogen) atoms. The molecule has 1 N–H and O–H groups in total. The maximum Gasteiger partial charge on any atom is 0.259 e. The van der Waals surface area contributed by atoms with Crippen LogP contribution in [0.3, 0.4) is 0 Å². The highest BCUT2D eigenvalue weighted by molar-refractivity contribution is 6.05. The van der Waals surface area contributed by atoms with Gasteiger partial charge in [-0.25, -0.2) is 0 Å². The number of nitrogens with one attached hydrogen (secondary N) is 1. The molecular formula is C19H29N3O. The largest absolute Gasteiger partial charge is 0.322 e. The highest BCUT2D eigenvalue weighted by Crippen LogP contribution is 2.20. The maximum atomic E-state index is 12.4. The molecule has 0 aliphatic heterocycles. The number of rotatable bonds is 5. The van der Waals surface area contributed by atoms with Crippen molar-refractivity contribution in [3.8, 4) is 0 Å². The zero-order valence-corrected chi connectivity index (χ0v) is 15.2. The van der Waals surface area contributed by atoms with Gasteiger partial charge >= 0.3 is 0 Å². The monoisotopic (exact) mass is 315 g/mol. The topological polar surface area (TPSA) is 46.9 Å². The second kappa shape index (κ2) is 9.13. The number of nitrogens with zero attached hydrogens (tertiary/aromatic N) is 2. The fourth-order valence-electron chi connectivity index (χ4n) is 2.32. The summed E-state index contributed by atoms with van der Waals surface area (Å²) in [6, 6.07) is 8.00. The van der Waals surface area contributed by atoms with Crippen molar-refractivity contribution in [2.24, 2.45) is 13.0 Å². The van der Waals surface area contributed by atoms with E-state index in [1.54, 1.807) is 10.9 Å². The number of para-hydroxylation sites is 1. The van der Waals surface area contributed by atoms with Gasteiger partial charge in [0.25, 0.3) is 5.91 Å². The Bertz CT molecular complexity index is 629. The number of hydrogen-bond donors (Lipinski definition) is 1. The lowest BCUT2D eigenvalue weighted by atomic mass is 10.0. The Labute approximate surface area is 139 Å². The molecule has 1 aromatic carbocycles. The number of aromatic nitrogens is 2. The number of aryl methyl sites for hydroxylation is 3. The van der Waals surface area contributed by atoms with E-state index in [9.17, 15) is 4.79 Å². The minimum atomic E-state index is -0.0994. The zero-order valence-electron chi connectivity index (χ0n) is 15.2. The summed E-state index contributed by atoms with van der Waals surface area (Å²) in [5, 5.41) is 7.22. The van der Waals surface area contributed by atoms with Gasteiger partial charge in [0, 0.05) is 18.9 Å². The van der Waals surface area contributed by atoms with E-state index in [-0.39, 0.29) is 5.91 Å². The van der Waals surface area contributed by atoms with Crippen molar-refractivity contribution in [1.29, 1.82) is 0 Å². The minimum absolute atomic E-state index is 0.0994. The molecule has 126 valence electrons. The summed E-state index contributed by atoms with van der Waals surface area (Å²) in [6.07, 6.45) is 3.83. The molecule has 0 fully saturated rings. The molecule has 2 rings (SSSR count). The molecule has 1 aromatic heterocycles. The smallest absolute Gasteiger partial charge is 0.259 e. The van der Waals surface area contributed by atoms with Gasteiger partial charge in [0.1, 0.15) is 0 Å². The Morgan fingerprint density at radius 2 is 1.91 bits per heavy atom. The van der Waals surface area contributed by atoms with Crippen molar-refractivity contribution in [3.63, 3.8) is 0 Å². The first kappa shape index (κ1) is 18.9. The normalized spacial score (nSPS) is 10.2. The maximum absolute atomic E-state index is 12.4. The molecule has 0 atom stereocenters. The van der Waals surface area contributed by atoms with Crippen LogP contribution in [0.1, 0.15) is 55.7 Å². The number of carbonyl (C=O) groups is 1. The van der Waals surface area contributed by atoms with Gasteiger partial charge in [-0.05, 0) is 37.3 Å². The van der Waals surface area contributed by atoms with Crippen LogP contribution in [0.15, 0.2) is 30.5 Å². The summed E-state index contributed by atoms with van der Waals surface area (Å²) in [4.78, 5) is 12.4. The molecule has 0 saturated carbocycles. The lowest BCUT2D eigenvalue weighted by Gasteiger charge is -2.12. The molecule has 1 heterocycles. The van der Waals surface area contributed by atoms with Gasteiger partial charge in [-0.2, -0.15) is 5.10 Å². The van der Waals surface area contributed by atoms with E-state index in [0.29, 0.717) is 11.5 Å². The third kappa shape index (κ3) is 5.55. The van der Waals surface area contributed by atoms with Gasteiger partial charge in [-0.3, -0.25) is 9.48 Å². The Balaban J connectivity index is 0.00000127. The molecule has 4 nitrogen and oxygen atoms in total. The number of benzene rings is 1. The van der Waals surface area contributed by atoms with Gasteiger partial charge in [0.15, 0.2) is 0 Å². The van der Waals surface area contributed by atoms with Crippen molar-refractivity contribution in [2.45, 2.75) is 47.5 Å². The molecule has 0 unspecified atom stereocenters. The van der Waals surface area contributed by atoms with Crippen LogP contribution in [-0.4, -0.2) is 15.7 Å². The van der Waals surface area contributed by atoms with Gasteiger partial charge in [0.2, 0.25) is 0 Å². The molecule has 0 radical (unpaired) electrons. The first-order chi connectivity index (χ1) is 11.0. The number of hydrogen-bond acceptors (Lipinski definition) is 2. The van der Waals surface area contributed by atoms with Crippen molar-refractivity contribution in [1.82, 2.24) is 9.78 Å². The first-order valence-corrected chi connectivity index (χ1v) is 8.37. The van der Waals surface area contributed by atoms with E-state index < -0.39 is 0 Å². The van der Waals surface area contributed by atoms with E-state index >= 15 is 0 Å². The van der Waals surface area contributed by atoms with Gasteiger partial charge in [0.05, 0.1) is 11.3 Å². The van der Waals surface area contributed by atoms with E-state index in [4.69, 9.17) is 0 Å². The van der Waals surface area contributed by atoms with Gasteiger partial charge in [-0.1, -0.05) is 45.9 Å². The van der Waals surface area contributed by atoms with E-state index in [2.05, 4.69) is 30.3 Å². The molecule has 0 bridgehead atoms. The van der Waals surface area contributed by atoms with Crippen LogP contribution in [0.25, 0.3) is 0 Å². The molecular weight excluding hydrogens is 286 g/mol. The fraction of sp³-hybridized carbons (Fsp3) is 0.474. The second-order valence-electron chi connectivity index (χ2n) is 5.85. The number of carbonyl (C=O) groups excluding carboxylic acids is 1. The van der Waals surface area contributed by atoms with Crippen LogP contribution in [0.4, 0.5) is 5.69 Å². The summed E-state index contributed by atoms with van der Waals surface area (Å²) in [7, 11) is 1.82. The zero-order chi connectivity index (χ0) is 17.4. The third-order valence-corrected chi connectivity index (χ3v) is 3.51. The van der Waals surface area contributed by atoms with Gasteiger partial charge < -0.3 is 5.32 Å². The molecule has 2 aromatic rings. The number of anilines is 1. The van der Waals surface area contributed by atoms with Crippen LogP contribution in [0.5, 0.6) is 0 Å². The molecule has 4 heteroatoms. The van der Waals surface area contributed by atoms with Crippen LogP contribution in [0.2, 0.25) is 0 Å². The molecule has 0 aliphatic rings. The summed E-state index contributed by atoms with van der Waals surface area (Å²) in [5.74, 6) is 0.548. The van der Waals surface area contributed by atoms with Gasteiger partial charge in [-0.15, -0.1) is 0 Å².